The Bertz CT molecular complexity index is 1250. The molecule has 10 atom stereocenters. The number of Topliss-reactive ketones (excluding diaryl/α,β-unsaturated/α-hetero) is 1. The van der Waals surface area contributed by atoms with E-state index in [4.69, 9.17) is 11.5 Å². The lowest BCUT2D eigenvalue weighted by molar-refractivity contribution is -0.132. The van der Waals surface area contributed by atoms with Crippen LogP contribution in [0.3, 0.4) is 0 Å². The van der Waals surface area contributed by atoms with Gasteiger partial charge >= 0.3 is 5.97 Å². The average molecular weight is 655 g/mol. The normalized spacial score (nSPS) is 34.7. The molecule has 0 aromatic rings. The lowest BCUT2D eigenvalue weighted by atomic mass is 9.47. The molecule has 4 aliphatic rings. The summed E-state index contributed by atoms with van der Waals surface area (Å²) in [5.74, 6) is 0.773. The summed E-state index contributed by atoms with van der Waals surface area (Å²) in [5, 5.41) is 22.7. The van der Waals surface area contributed by atoms with Crippen LogP contribution >= 0.6 is 0 Å². The molecule has 0 saturated heterocycles. The van der Waals surface area contributed by atoms with E-state index in [9.17, 15) is 24.6 Å². The highest BCUT2D eigenvalue weighted by molar-refractivity contribution is 6.01. The van der Waals surface area contributed by atoms with Gasteiger partial charge in [0, 0.05) is 24.1 Å². The molecule has 4 rings (SSSR count). The van der Waals surface area contributed by atoms with Gasteiger partial charge in [-0.1, -0.05) is 65.5 Å². The minimum atomic E-state index is -1.20. The van der Waals surface area contributed by atoms with Crippen LogP contribution in [0.2, 0.25) is 0 Å². The molecular weight excluding hydrogens is 592 g/mol. The minimum Gasteiger partial charge on any atom is -0.478 e. The lowest BCUT2D eigenvalue weighted by Crippen LogP contribution is -2.51. The molecule has 3 saturated carbocycles. The number of nitrogens with one attached hydrogen (secondary N) is 1. The molecule has 0 spiro atoms. The molecule has 1 amide bonds. The van der Waals surface area contributed by atoms with Gasteiger partial charge in [0.2, 0.25) is 5.91 Å². The van der Waals surface area contributed by atoms with Gasteiger partial charge in [-0.05, 0) is 111 Å². The van der Waals surface area contributed by atoms with Crippen LogP contribution in [0.5, 0.6) is 0 Å². The Hall–Kier alpha value is -2.68. The van der Waals surface area contributed by atoms with Crippen molar-refractivity contribution in [3.05, 3.63) is 23.3 Å². The Labute approximate surface area is 282 Å². The summed E-state index contributed by atoms with van der Waals surface area (Å²) in [6.45, 7) is 13.6. The molecule has 1 unspecified atom stereocenters. The van der Waals surface area contributed by atoms with E-state index in [0.29, 0.717) is 49.0 Å². The number of ketones is 1. The van der Waals surface area contributed by atoms with Crippen molar-refractivity contribution in [3.8, 4) is 0 Å². The predicted octanol–water partition coefficient (Wildman–Crippen LogP) is 5.75. The van der Waals surface area contributed by atoms with Gasteiger partial charge in [0.05, 0.1) is 12.1 Å². The summed E-state index contributed by atoms with van der Waals surface area (Å²) in [5.41, 5.74) is 12.7. The van der Waals surface area contributed by atoms with Crippen molar-refractivity contribution >= 4 is 23.6 Å². The zero-order valence-corrected chi connectivity index (χ0v) is 29.8. The van der Waals surface area contributed by atoms with Crippen LogP contribution in [0.25, 0.3) is 0 Å². The second kappa shape index (κ2) is 15.3. The van der Waals surface area contributed by atoms with Crippen LogP contribution in [0.15, 0.2) is 28.3 Å². The molecule has 0 aliphatic heterocycles. The highest BCUT2D eigenvalue weighted by Crippen LogP contribution is 2.68. The smallest absolute Gasteiger partial charge is 0.328 e. The Balaban J connectivity index is 1.67. The van der Waals surface area contributed by atoms with E-state index in [2.05, 4.69) is 51.0 Å². The fraction of sp³-hybridized carbons (Fsp3) is 0.789. The Morgan fingerprint density at radius 3 is 2.45 bits per heavy atom. The first-order valence-electron chi connectivity index (χ1n) is 18.3. The number of aliphatic carboxylic acids is 1. The van der Waals surface area contributed by atoms with Crippen molar-refractivity contribution in [2.75, 3.05) is 6.54 Å². The molecule has 264 valence electrons. The number of amides is 1. The molecule has 7 N–H and O–H groups in total. The summed E-state index contributed by atoms with van der Waals surface area (Å²) in [6, 6.07) is -0.751. The second-order valence-electron chi connectivity index (χ2n) is 16.4. The number of allylic oxidation sites excluding steroid dienone is 1. The number of aliphatic hydroxyl groups is 1. The lowest BCUT2D eigenvalue weighted by Gasteiger charge is -2.58. The topological polar surface area (TPSA) is 168 Å². The summed E-state index contributed by atoms with van der Waals surface area (Å²) < 4.78 is 0. The van der Waals surface area contributed by atoms with Crippen molar-refractivity contribution in [1.82, 2.24) is 5.32 Å². The van der Waals surface area contributed by atoms with Crippen molar-refractivity contribution < 1.29 is 24.6 Å². The number of guanidine groups is 1. The minimum absolute atomic E-state index is 0.0133. The number of nitrogens with zero attached hydrogens (tertiary/aromatic N) is 1. The van der Waals surface area contributed by atoms with Gasteiger partial charge in [0.15, 0.2) is 11.7 Å². The highest BCUT2D eigenvalue weighted by atomic mass is 16.4. The second-order valence-corrected chi connectivity index (χ2v) is 16.4. The molecule has 0 aromatic heterocycles. The summed E-state index contributed by atoms with van der Waals surface area (Å²) >= 11 is 0. The molecule has 47 heavy (non-hydrogen) atoms. The van der Waals surface area contributed by atoms with Crippen molar-refractivity contribution in [2.24, 2.45) is 68.7 Å². The number of carbonyl (C=O) groups excluding carboxylic acids is 2. The third kappa shape index (κ3) is 8.14. The molecule has 9 heteroatoms. The van der Waals surface area contributed by atoms with Gasteiger partial charge in [0.25, 0.3) is 0 Å². The van der Waals surface area contributed by atoms with E-state index >= 15 is 0 Å². The van der Waals surface area contributed by atoms with Gasteiger partial charge in [-0.2, -0.15) is 0 Å². The van der Waals surface area contributed by atoms with Crippen LogP contribution in [-0.2, 0) is 14.4 Å². The molecule has 0 bridgehead atoms. The first kappa shape index (κ1) is 37.1. The van der Waals surface area contributed by atoms with Crippen LogP contribution in [0.4, 0.5) is 0 Å². The number of hydrogen-bond donors (Lipinski definition) is 5. The number of aliphatic imine (C=N–C) groups is 1. The van der Waals surface area contributed by atoms with E-state index in [-0.39, 0.29) is 46.1 Å². The van der Waals surface area contributed by atoms with E-state index < -0.39 is 17.9 Å². The number of rotatable bonds is 14. The third-order valence-electron chi connectivity index (χ3n) is 12.9. The number of carboxylic acid groups (broad SMARTS) is 1. The Kier molecular flexibility index (Phi) is 12.1. The largest absolute Gasteiger partial charge is 0.478 e. The van der Waals surface area contributed by atoms with Gasteiger partial charge in [0.1, 0.15) is 0 Å². The number of aliphatic hydroxyl groups excluding tert-OH is 1. The van der Waals surface area contributed by atoms with Crippen LogP contribution in [-0.4, -0.2) is 52.5 Å². The van der Waals surface area contributed by atoms with Crippen LogP contribution in [0, 0.1) is 52.3 Å². The predicted molar refractivity (Wildman–Crippen MR) is 186 cm³/mol. The third-order valence-corrected chi connectivity index (χ3v) is 12.9. The van der Waals surface area contributed by atoms with E-state index in [1.807, 2.05) is 0 Å². The Morgan fingerprint density at radius 2 is 1.79 bits per heavy atom. The molecule has 0 aromatic carbocycles. The SMILES string of the molecule is C/C(=C/C(=O)O)C(=O)N[C@@H](CCCN=C(N)N)C(=O)C1C[C@H]2[C@@H]3CC=C4C[C@@H](O)CC[C@]4(C)[C@H]3CC[C@]2(C)[C@H]1[C@H](C)CCCC(C)C. The monoisotopic (exact) mass is 654 g/mol. The summed E-state index contributed by atoms with van der Waals surface area (Å²) in [7, 11) is 0. The molecular formula is C38H62N4O5. The zero-order chi connectivity index (χ0) is 34.7. The maximum absolute atomic E-state index is 14.8. The molecule has 0 heterocycles. The fourth-order valence-electron chi connectivity index (χ4n) is 10.7. The van der Waals surface area contributed by atoms with Crippen molar-refractivity contribution in [3.63, 3.8) is 0 Å². The molecule has 9 nitrogen and oxygen atoms in total. The van der Waals surface area contributed by atoms with Crippen molar-refractivity contribution in [1.29, 1.82) is 0 Å². The number of carbonyl (C=O) groups is 3. The molecule has 0 radical (unpaired) electrons. The van der Waals surface area contributed by atoms with E-state index in [1.54, 1.807) is 0 Å². The van der Waals surface area contributed by atoms with Crippen molar-refractivity contribution in [2.45, 2.75) is 131 Å². The average Bonchev–Trinajstić information content (AvgIpc) is 3.31. The van der Waals surface area contributed by atoms with E-state index in [0.717, 1.165) is 70.3 Å². The van der Waals surface area contributed by atoms with Crippen LogP contribution in [0.1, 0.15) is 119 Å². The first-order chi connectivity index (χ1) is 22.1. The number of carboxylic acids is 1. The number of hydrogen-bond acceptors (Lipinski definition) is 5. The van der Waals surface area contributed by atoms with Gasteiger partial charge in [-0.25, -0.2) is 4.79 Å². The fourth-order valence-corrected chi connectivity index (χ4v) is 10.7. The highest BCUT2D eigenvalue weighted by Gasteiger charge is 2.63. The summed E-state index contributed by atoms with van der Waals surface area (Å²) in [4.78, 5) is 43.4. The van der Waals surface area contributed by atoms with Gasteiger partial charge in [-0.3, -0.25) is 14.6 Å². The van der Waals surface area contributed by atoms with Gasteiger partial charge in [-0.15, -0.1) is 0 Å². The maximum Gasteiger partial charge on any atom is 0.328 e. The zero-order valence-electron chi connectivity index (χ0n) is 29.8. The van der Waals surface area contributed by atoms with Gasteiger partial charge < -0.3 is 27.0 Å². The maximum atomic E-state index is 14.8. The number of fused-ring (bicyclic) bond motifs is 5. The van der Waals surface area contributed by atoms with E-state index in [1.165, 1.54) is 12.5 Å². The number of nitrogens with two attached hydrogens (primary N) is 2. The molecule has 4 aliphatic carbocycles. The molecule has 3 fully saturated rings. The standard InChI is InChI=1S/C38H62N4O5/c1-22(2)9-7-10-23(3)33-28(34(46)31(11-8-18-41-36(39)40)42-35(47)24(4)19-32(44)45)21-30-27-13-12-25-20-26(43)14-16-37(25,5)29(27)15-17-38(30,33)6/h12,19,22-23,26-31,33,43H,7-11,13-18,20-21H2,1-6H3,(H,42,47)(H,44,45)(H4,39,40,41)/b24-19-/t23-,26+,27-,28?,29+,30+,31+,33+,37+,38+/m1/s1. The van der Waals surface area contributed by atoms with Crippen LogP contribution < -0.4 is 16.8 Å². The first-order valence-corrected chi connectivity index (χ1v) is 18.3. The quantitative estimate of drug-likeness (QED) is 0.0522. The Morgan fingerprint density at radius 1 is 1.06 bits per heavy atom. The summed E-state index contributed by atoms with van der Waals surface area (Å²) in [6.07, 6.45) is 14.1.